The van der Waals surface area contributed by atoms with Gasteiger partial charge in [0, 0.05) is 36.8 Å². The molecule has 1 aromatic carbocycles. The lowest BCUT2D eigenvalue weighted by Crippen LogP contribution is -2.35. The Bertz CT molecular complexity index is 627. The van der Waals surface area contributed by atoms with Crippen molar-refractivity contribution in [3.8, 4) is 0 Å². The molecule has 1 fully saturated rings. The highest BCUT2D eigenvalue weighted by molar-refractivity contribution is 6.30. The summed E-state index contributed by atoms with van der Waals surface area (Å²) in [4.78, 5) is 26.1. The molecule has 0 bridgehead atoms. The van der Waals surface area contributed by atoms with Crippen LogP contribution in [0.1, 0.15) is 12.8 Å². The summed E-state index contributed by atoms with van der Waals surface area (Å²) in [5, 5.41) is 6.83. The van der Waals surface area contributed by atoms with E-state index >= 15 is 0 Å². The summed E-state index contributed by atoms with van der Waals surface area (Å²) in [6, 6.07) is 7.11. The van der Waals surface area contributed by atoms with Crippen molar-refractivity contribution in [1.29, 1.82) is 0 Å². The molecule has 0 radical (unpaired) electrons. The lowest BCUT2D eigenvalue weighted by Gasteiger charge is -2.18. The first kappa shape index (κ1) is 16.0. The van der Waals surface area contributed by atoms with E-state index < -0.39 is 0 Å². The van der Waals surface area contributed by atoms with E-state index in [1.54, 1.807) is 29.2 Å². The quantitative estimate of drug-likeness (QED) is 0.825. The lowest BCUT2D eigenvalue weighted by atomic mass is 10.1. The Hall–Kier alpha value is -1.85. The maximum Gasteiger partial charge on any atom is 0.227 e. The first-order valence-electron chi connectivity index (χ1n) is 7.86. The minimum atomic E-state index is -0.291. The fourth-order valence-corrected chi connectivity index (χ4v) is 3.05. The topological polar surface area (TPSA) is 61.4 Å². The molecule has 3 rings (SSSR count). The van der Waals surface area contributed by atoms with E-state index in [1.165, 1.54) is 5.57 Å². The van der Waals surface area contributed by atoms with E-state index in [1.807, 2.05) is 0 Å². The van der Waals surface area contributed by atoms with Gasteiger partial charge in [0.1, 0.15) is 0 Å². The summed E-state index contributed by atoms with van der Waals surface area (Å²) in [6.07, 6.45) is 3.33. The first-order valence-corrected chi connectivity index (χ1v) is 8.23. The zero-order valence-corrected chi connectivity index (χ0v) is 13.6. The average Bonchev–Trinajstić information content (AvgIpc) is 2.96. The Morgan fingerprint density at radius 3 is 2.83 bits per heavy atom. The molecule has 5 nitrogen and oxygen atoms in total. The second-order valence-electron chi connectivity index (χ2n) is 5.92. The van der Waals surface area contributed by atoms with E-state index in [0.29, 0.717) is 18.1 Å². The smallest absolute Gasteiger partial charge is 0.227 e. The number of hydrogen-bond acceptors (Lipinski definition) is 3. The van der Waals surface area contributed by atoms with Crippen LogP contribution in [0.15, 0.2) is 35.9 Å². The summed E-state index contributed by atoms with van der Waals surface area (Å²) >= 11 is 5.87. The van der Waals surface area contributed by atoms with Crippen LogP contribution in [0.5, 0.6) is 0 Å². The summed E-state index contributed by atoms with van der Waals surface area (Å²) in [5.41, 5.74) is 2.03. The van der Waals surface area contributed by atoms with Crippen LogP contribution in [-0.2, 0) is 9.59 Å². The Balaban J connectivity index is 1.57. The minimum Gasteiger partial charge on any atom is -0.352 e. The maximum atomic E-state index is 12.3. The van der Waals surface area contributed by atoms with Gasteiger partial charge in [-0.05, 0) is 37.2 Å². The van der Waals surface area contributed by atoms with Crippen LogP contribution in [0.4, 0.5) is 5.69 Å². The first-order chi connectivity index (χ1) is 11.1. The molecule has 2 amide bonds. The fraction of sp³-hybridized carbons (Fsp3) is 0.412. The Morgan fingerprint density at radius 1 is 1.35 bits per heavy atom. The molecular formula is C17H20ClN3O2. The molecule has 122 valence electrons. The summed E-state index contributed by atoms with van der Waals surface area (Å²) in [6.45, 7) is 2.81. The van der Waals surface area contributed by atoms with Crippen LogP contribution in [0.25, 0.3) is 0 Å². The van der Waals surface area contributed by atoms with Crippen molar-refractivity contribution < 1.29 is 9.59 Å². The van der Waals surface area contributed by atoms with Gasteiger partial charge in [-0.2, -0.15) is 0 Å². The maximum absolute atomic E-state index is 12.3. The monoisotopic (exact) mass is 333 g/mol. The molecular weight excluding hydrogens is 314 g/mol. The summed E-state index contributed by atoms with van der Waals surface area (Å²) < 4.78 is 0. The number of halogens is 1. The largest absolute Gasteiger partial charge is 0.352 e. The molecule has 2 aliphatic rings. The van der Waals surface area contributed by atoms with Crippen LogP contribution < -0.4 is 15.5 Å². The van der Waals surface area contributed by atoms with Gasteiger partial charge in [-0.1, -0.05) is 23.3 Å². The van der Waals surface area contributed by atoms with Gasteiger partial charge < -0.3 is 15.5 Å². The van der Waals surface area contributed by atoms with Crippen molar-refractivity contribution >= 4 is 29.1 Å². The van der Waals surface area contributed by atoms with E-state index in [9.17, 15) is 9.59 Å². The Labute approximate surface area is 140 Å². The average molecular weight is 334 g/mol. The van der Waals surface area contributed by atoms with Crippen molar-refractivity contribution in [3.05, 3.63) is 40.9 Å². The molecule has 2 heterocycles. The highest BCUT2D eigenvalue weighted by atomic mass is 35.5. The Kier molecular flexibility index (Phi) is 4.98. The molecule has 1 saturated heterocycles. The molecule has 0 spiro atoms. The molecule has 0 saturated carbocycles. The van der Waals surface area contributed by atoms with Crippen molar-refractivity contribution in [2.24, 2.45) is 5.92 Å². The van der Waals surface area contributed by atoms with E-state index in [4.69, 9.17) is 11.6 Å². The van der Waals surface area contributed by atoms with E-state index in [2.05, 4.69) is 16.7 Å². The number of nitrogens with zero attached hydrogens (tertiary/aromatic N) is 1. The molecule has 1 atom stereocenters. The van der Waals surface area contributed by atoms with Crippen molar-refractivity contribution in [3.63, 3.8) is 0 Å². The van der Waals surface area contributed by atoms with Gasteiger partial charge in [-0.25, -0.2) is 0 Å². The molecule has 2 N–H and O–H groups in total. The SMILES string of the molecule is O=C(NCC1=CCNCC1)C1CC(=O)N(c2ccc(Cl)cc2)C1. The predicted molar refractivity (Wildman–Crippen MR) is 90.5 cm³/mol. The molecule has 23 heavy (non-hydrogen) atoms. The molecule has 1 aromatic rings. The fourth-order valence-electron chi connectivity index (χ4n) is 2.93. The van der Waals surface area contributed by atoms with Crippen LogP contribution in [0, 0.1) is 5.92 Å². The normalized spacial score (nSPS) is 21.3. The van der Waals surface area contributed by atoms with E-state index in [0.717, 1.165) is 25.2 Å². The molecule has 0 aliphatic carbocycles. The zero-order valence-electron chi connectivity index (χ0n) is 12.8. The van der Waals surface area contributed by atoms with Gasteiger partial charge in [-0.3, -0.25) is 9.59 Å². The highest BCUT2D eigenvalue weighted by Crippen LogP contribution is 2.26. The summed E-state index contributed by atoms with van der Waals surface area (Å²) in [7, 11) is 0. The van der Waals surface area contributed by atoms with Gasteiger partial charge in [0.05, 0.1) is 5.92 Å². The van der Waals surface area contributed by atoms with Crippen LogP contribution in [0.3, 0.4) is 0 Å². The zero-order chi connectivity index (χ0) is 16.2. The van der Waals surface area contributed by atoms with Crippen LogP contribution >= 0.6 is 11.6 Å². The second kappa shape index (κ2) is 7.15. The number of nitrogens with one attached hydrogen (secondary N) is 2. The van der Waals surface area contributed by atoms with Gasteiger partial charge in [-0.15, -0.1) is 0 Å². The number of amides is 2. The number of anilines is 1. The molecule has 1 unspecified atom stereocenters. The lowest BCUT2D eigenvalue weighted by molar-refractivity contribution is -0.126. The van der Waals surface area contributed by atoms with Gasteiger partial charge in [0.15, 0.2) is 0 Å². The third kappa shape index (κ3) is 3.92. The van der Waals surface area contributed by atoms with E-state index in [-0.39, 0.29) is 24.2 Å². The molecule has 0 aromatic heterocycles. The predicted octanol–water partition coefficient (Wildman–Crippen LogP) is 1.73. The molecule has 2 aliphatic heterocycles. The van der Waals surface area contributed by atoms with Gasteiger partial charge in [0.25, 0.3) is 0 Å². The number of carbonyl (C=O) groups is 2. The third-order valence-corrected chi connectivity index (χ3v) is 4.53. The minimum absolute atomic E-state index is 0.0199. The van der Waals surface area contributed by atoms with Crippen molar-refractivity contribution in [1.82, 2.24) is 10.6 Å². The number of hydrogen-bond donors (Lipinski definition) is 2. The van der Waals surface area contributed by atoms with Crippen molar-refractivity contribution in [2.75, 3.05) is 31.1 Å². The number of benzene rings is 1. The van der Waals surface area contributed by atoms with Gasteiger partial charge >= 0.3 is 0 Å². The Morgan fingerprint density at radius 2 is 2.13 bits per heavy atom. The number of carbonyl (C=O) groups excluding carboxylic acids is 2. The number of rotatable bonds is 4. The van der Waals surface area contributed by atoms with Crippen LogP contribution in [-0.4, -0.2) is 38.0 Å². The van der Waals surface area contributed by atoms with Gasteiger partial charge in [0.2, 0.25) is 11.8 Å². The second-order valence-corrected chi connectivity index (χ2v) is 6.35. The van der Waals surface area contributed by atoms with Crippen molar-refractivity contribution in [2.45, 2.75) is 12.8 Å². The van der Waals surface area contributed by atoms with Crippen LogP contribution in [0.2, 0.25) is 5.02 Å². The third-order valence-electron chi connectivity index (χ3n) is 4.28. The highest BCUT2D eigenvalue weighted by Gasteiger charge is 2.35. The standard InChI is InChI=1S/C17H20ClN3O2/c18-14-1-3-15(4-2-14)21-11-13(9-16(21)22)17(23)20-10-12-5-7-19-8-6-12/h1-5,13,19H,6-11H2,(H,20,23). The summed E-state index contributed by atoms with van der Waals surface area (Å²) in [5.74, 6) is -0.358. The molecule has 6 heteroatoms.